The van der Waals surface area contributed by atoms with Crippen molar-refractivity contribution in [3.8, 4) is 17.2 Å². The molecule has 186 valence electrons. The Balaban J connectivity index is 1.64. The number of carboxylic acid groups (broad SMARTS) is 1. The van der Waals surface area contributed by atoms with Crippen molar-refractivity contribution in [2.75, 3.05) is 0 Å². The molecular formula is C21H18FNO11S. The summed E-state index contributed by atoms with van der Waals surface area (Å²) in [5.41, 5.74) is 0.496. The zero-order valence-corrected chi connectivity index (χ0v) is 18.3. The van der Waals surface area contributed by atoms with Gasteiger partial charge in [-0.15, -0.1) is 0 Å². The standard InChI is InChI=1S/C21H18FNO11S/c1-2-8-5-10(35(29,30)31)7-12-17(8)33-19(23-12)9-3-4-13(11(22)6-9)32-21-16(26)14(24)15(25)18(34-21)20(27)28/h2-7,14-16,18,21,24-26H,1H2,(H,27,28)(H,29,30,31)/t14-,15-,16+,18-,21?/m0/s1. The molecule has 2 heterocycles. The van der Waals surface area contributed by atoms with Gasteiger partial charge in [-0.05, 0) is 30.3 Å². The van der Waals surface area contributed by atoms with Crippen LogP contribution >= 0.6 is 0 Å². The van der Waals surface area contributed by atoms with Crippen molar-refractivity contribution >= 4 is 33.3 Å². The molecule has 35 heavy (non-hydrogen) atoms. The van der Waals surface area contributed by atoms with Crippen molar-refractivity contribution < 1.29 is 56.5 Å². The Kier molecular flexibility index (Phi) is 6.35. The molecule has 5 N–H and O–H groups in total. The summed E-state index contributed by atoms with van der Waals surface area (Å²) >= 11 is 0. The van der Waals surface area contributed by atoms with Crippen LogP contribution in [0.3, 0.4) is 0 Å². The number of ether oxygens (including phenoxy) is 2. The summed E-state index contributed by atoms with van der Waals surface area (Å²) < 4.78 is 62.9. The highest BCUT2D eigenvalue weighted by molar-refractivity contribution is 7.85. The highest BCUT2D eigenvalue weighted by Crippen LogP contribution is 2.33. The van der Waals surface area contributed by atoms with Crippen molar-refractivity contribution in [3.05, 3.63) is 48.3 Å². The fourth-order valence-corrected chi connectivity index (χ4v) is 4.00. The molecule has 1 fully saturated rings. The van der Waals surface area contributed by atoms with Gasteiger partial charge in [0.1, 0.15) is 23.8 Å². The number of benzene rings is 2. The summed E-state index contributed by atoms with van der Waals surface area (Å²) in [5, 5.41) is 38.7. The maximum atomic E-state index is 14.8. The van der Waals surface area contributed by atoms with E-state index >= 15 is 0 Å². The lowest BCUT2D eigenvalue weighted by Gasteiger charge is -2.38. The van der Waals surface area contributed by atoms with Gasteiger partial charge in [0.05, 0.1) is 4.90 Å². The van der Waals surface area contributed by atoms with E-state index in [4.69, 9.17) is 19.0 Å². The lowest BCUT2D eigenvalue weighted by Crippen LogP contribution is -2.61. The number of carboxylic acids is 1. The van der Waals surface area contributed by atoms with E-state index in [2.05, 4.69) is 11.6 Å². The van der Waals surface area contributed by atoms with Crippen molar-refractivity contribution in [1.82, 2.24) is 4.98 Å². The van der Waals surface area contributed by atoms with Crippen LogP contribution in [0.25, 0.3) is 28.6 Å². The van der Waals surface area contributed by atoms with Gasteiger partial charge in [-0.1, -0.05) is 12.7 Å². The molecule has 1 unspecified atom stereocenters. The highest BCUT2D eigenvalue weighted by atomic mass is 32.2. The Morgan fingerprint density at radius 1 is 1.14 bits per heavy atom. The van der Waals surface area contributed by atoms with Gasteiger partial charge in [0, 0.05) is 11.1 Å². The van der Waals surface area contributed by atoms with Crippen LogP contribution in [0.15, 0.2) is 46.2 Å². The van der Waals surface area contributed by atoms with Gasteiger partial charge >= 0.3 is 5.97 Å². The number of hydrogen-bond acceptors (Lipinski definition) is 10. The number of aliphatic hydroxyl groups excluding tert-OH is 3. The maximum absolute atomic E-state index is 14.8. The minimum absolute atomic E-state index is 0.0525. The van der Waals surface area contributed by atoms with Crippen molar-refractivity contribution in [2.45, 2.75) is 35.6 Å². The predicted molar refractivity (Wildman–Crippen MR) is 114 cm³/mol. The molecule has 14 heteroatoms. The zero-order valence-electron chi connectivity index (χ0n) is 17.5. The number of aliphatic carboxylic acids is 1. The SMILES string of the molecule is C=Cc1cc(S(=O)(=O)O)cc2nc(-c3ccc(OC4O[C@H](C(=O)O)[C@@H](O)[C@H](O)[C@H]4O)c(F)c3)oc12. The number of oxazole rings is 1. The molecule has 0 aliphatic carbocycles. The molecular weight excluding hydrogens is 493 g/mol. The van der Waals surface area contributed by atoms with E-state index in [0.29, 0.717) is 0 Å². The molecule has 12 nitrogen and oxygen atoms in total. The number of halogens is 1. The molecule has 2 aromatic carbocycles. The van der Waals surface area contributed by atoms with Crippen LogP contribution in [0, 0.1) is 5.82 Å². The van der Waals surface area contributed by atoms with E-state index < -0.39 is 63.3 Å². The third-order valence-electron chi connectivity index (χ3n) is 5.25. The lowest BCUT2D eigenvalue weighted by atomic mass is 9.99. The highest BCUT2D eigenvalue weighted by Gasteiger charge is 2.48. The summed E-state index contributed by atoms with van der Waals surface area (Å²) in [6.45, 7) is 3.56. The van der Waals surface area contributed by atoms with Gasteiger partial charge in [0.25, 0.3) is 10.1 Å². The largest absolute Gasteiger partial charge is 0.479 e. The van der Waals surface area contributed by atoms with E-state index in [-0.39, 0.29) is 28.1 Å². The number of rotatable bonds is 6. The Labute approximate surface area is 196 Å². The van der Waals surface area contributed by atoms with Crippen LogP contribution in [0.1, 0.15) is 5.56 Å². The quantitative estimate of drug-likeness (QED) is 0.292. The molecule has 1 aliphatic heterocycles. The Bertz CT molecular complexity index is 1420. The summed E-state index contributed by atoms with van der Waals surface area (Å²) in [6, 6.07) is 5.53. The molecule has 1 aromatic heterocycles. The van der Waals surface area contributed by atoms with Gasteiger partial charge < -0.3 is 34.3 Å². The molecule has 1 saturated heterocycles. The van der Waals surface area contributed by atoms with Crippen LogP contribution in [-0.2, 0) is 19.6 Å². The molecule has 0 spiro atoms. The second-order valence-corrected chi connectivity index (χ2v) is 8.98. The molecule has 0 bridgehead atoms. The zero-order chi connectivity index (χ0) is 25.7. The fourth-order valence-electron chi connectivity index (χ4n) is 3.46. The van der Waals surface area contributed by atoms with Crippen LogP contribution in [0.2, 0.25) is 0 Å². The first-order valence-corrected chi connectivity index (χ1v) is 11.3. The molecule has 0 saturated carbocycles. The number of aromatic nitrogens is 1. The lowest BCUT2D eigenvalue weighted by molar-refractivity contribution is -0.271. The van der Waals surface area contributed by atoms with E-state index in [1.54, 1.807) is 0 Å². The van der Waals surface area contributed by atoms with Crippen LogP contribution in [0.5, 0.6) is 5.75 Å². The third kappa shape index (κ3) is 4.62. The maximum Gasteiger partial charge on any atom is 0.335 e. The summed E-state index contributed by atoms with van der Waals surface area (Å²) in [7, 11) is -4.54. The monoisotopic (exact) mass is 511 g/mol. The van der Waals surface area contributed by atoms with Gasteiger partial charge in [0.2, 0.25) is 12.2 Å². The number of carbonyl (C=O) groups is 1. The average Bonchev–Trinajstić information content (AvgIpc) is 3.23. The number of aliphatic hydroxyl groups is 3. The summed E-state index contributed by atoms with van der Waals surface area (Å²) in [5.74, 6) is -3.22. The smallest absolute Gasteiger partial charge is 0.335 e. The van der Waals surface area contributed by atoms with E-state index in [1.807, 2.05) is 0 Å². The van der Waals surface area contributed by atoms with E-state index in [0.717, 1.165) is 24.3 Å². The predicted octanol–water partition coefficient (Wildman–Crippen LogP) is 0.795. The van der Waals surface area contributed by atoms with Crippen molar-refractivity contribution in [2.24, 2.45) is 0 Å². The Morgan fingerprint density at radius 3 is 2.46 bits per heavy atom. The molecule has 5 atom stereocenters. The fraction of sp³-hybridized carbons (Fsp3) is 0.238. The van der Waals surface area contributed by atoms with E-state index in [1.165, 1.54) is 12.1 Å². The summed E-state index contributed by atoms with van der Waals surface area (Å²) in [6.07, 6.45) is -8.19. The Hall–Kier alpha value is -3.40. The third-order valence-corrected chi connectivity index (χ3v) is 6.08. The summed E-state index contributed by atoms with van der Waals surface area (Å²) in [4.78, 5) is 14.9. The van der Waals surface area contributed by atoms with Crippen molar-refractivity contribution in [3.63, 3.8) is 0 Å². The normalized spacial score (nSPS) is 24.9. The van der Waals surface area contributed by atoms with Gasteiger partial charge in [-0.3, -0.25) is 4.55 Å². The van der Waals surface area contributed by atoms with Gasteiger partial charge in [-0.2, -0.15) is 8.42 Å². The van der Waals surface area contributed by atoms with Crippen LogP contribution in [-0.4, -0.2) is 75.1 Å². The first kappa shape index (κ1) is 24.7. The first-order valence-electron chi connectivity index (χ1n) is 9.84. The minimum Gasteiger partial charge on any atom is -0.479 e. The first-order chi connectivity index (χ1) is 16.4. The molecule has 3 aromatic rings. The van der Waals surface area contributed by atoms with Crippen LogP contribution < -0.4 is 4.74 Å². The molecule has 1 aliphatic rings. The van der Waals surface area contributed by atoms with Gasteiger partial charge in [0.15, 0.2) is 23.3 Å². The second kappa shape index (κ2) is 8.99. The topological polar surface area (TPSA) is 197 Å². The van der Waals surface area contributed by atoms with Crippen LogP contribution in [0.4, 0.5) is 4.39 Å². The molecule has 0 radical (unpaired) electrons. The number of fused-ring (bicyclic) bond motifs is 1. The molecule has 0 amide bonds. The van der Waals surface area contributed by atoms with Crippen molar-refractivity contribution in [1.29, 1.82) is 0 Å². The second-order valence-electron chi connectivity index (χ2n) is 7.56. The number of nitrogens with zero attached hydrogens (tertiary/aromatic N) is 1. The average molecular weight is 511 g/mol. The number of hydrogen-bond donors (Lipinski definition) is 5. The van der Waals surface area contributed by atoms with E-state index in [9.17, 15) is 37.5 Å². The Morgan fingerprint density at radius 2 is 1.86 bits per heavy atom. The molecule has 4 rings (SSSR count). The minimum atomic E-state index is -4.54. The van der Waals surface area contributed by atoms with Gasteiger partial charge in [-0.25, -0.2) is 14.2 Å².